The summed E-state index contributed by atoms with van der Waals surface area (Å²) in [5.74, 6) is -1.94. The van der Waals surface area contributed by atoms with Gasteiger partial charge in [0.05, 0.1) is 11.3 Å². The number of unbranched alkanes of at least 4 members (excludes halogenated alkanes) is 17. The van der Waals surface area contributed by atoms with Gasteiger partial charge in [0.15, 0.2) is 0 Å². The lowest BCUT2D eigenvalue weighted by Crippen LogP contribution is -2.42. The van der Waals surface area contributed by atoms with Crippen molar-refractivity contribution in [1.29, 1.82) is 0 Å². The number of carboxylic acid groups (broad SMARTS) is 1. The topological polar surface area (TPSA) is 63.6 Å². The van der Waals surface area contributed by atoms with Crippen LogP contribution in [0.4, 0.5) is 0 Å². The van der Waals surface area contributed by atoms with Crippen LogP contribution in [-0.2, 0) is 14.3 Å². The number of hydrogen-bond acceptors (Lipinski definition) is 3. The maximum Gasteiger partial charge on any atom is 0.316 e. The quantitative estimate of drug-likeness (QED) is 0.0781. The lowest BCUT2D eigenvalue weighted by Gasteiger charge is -2.34. The van der Waals surface area contributed by atoms with Gasteiger partial charge in [-0.2, -0.15) is 0 Å². The number of hydrogen-bond donors (Lipinski definition) is 1. The first-order chi connectivity index (χ1) is 18.0. The van der Waals surface area contributed by atoms with E-state index in [1.54, 1.807) is 13.0 Å². The van der Waals surface area contributed by atoms with E-state index >= 15 is 0 Å². The van der Waals surface area contributed by atoms with E-state index in [0.29, 0.717) is 12.8 Å². The molecule has 0 saturated carbocycles. The average molecular weight is 521 g/mol. The molecule has 0 amide bonds. The Morgan fingerprint density at radius 3 is 1.57 bits per heavy atom. The lowest BCUT2D eigenvalue weighted by molar-refractivity contribution is -0.168. The second-order valence-corrected chi connectivity index (χ2v) is 11.8. The third-order valence-electron chi connectivity index (χ3n) is 8.33. The molecule has 0 spiro atoms. The van der Waals surface area contributed by atoms with Gasteiger partial charge in [-0.25, -0.2) is 0 Å². The zero-order valence-corrected chi connectivity index (χ0v) is 24.7. The summed E-state index contributed by atoms with van der Waals surface area (Å²) in [4.78, 5) is 25.1. The van der Waals surface area contributed by atoms with E-state index in [1.165, 1.54) is 109 Å². The van der Waals surface area contributed by atoms with Crippen molar-refractivity contribution >= 4 is 11.9 Å². The Morgan fingerprint density at radius 1 is 0.757 bits per heavy atom. The number of carboxylic acids is 1. The minimum absolute atomic E-state index is 0.0900. The standard InChI is InChI=1S/C33H60O4/c1-4-6-8-10-12-14-15-16-18-20-22-26-29(25-21-19-17-13-11-9-7-5-2)37-32(36)33(3)28-24-23-27-30(33)31(34)35/h24,28-30H,4-23,25-27H2,1-3H3,(H,34,35). The predicted octanol–water partition coefficient (Wildman–Crippen LogP) is 10.2. The number of carbonyl (C=O) groups excluding carboxylic acids is 1. The molecule has 0 aromatic rings. The van der Waals surface area contributed by atoms with Crippen LogP contribution in [-0.4, -0.2) is 23.1 Å². The van der Waals surface area contributed by atoms with Gasteiger partial charge in [-0.05, 0) is 45.4 Å². The molecule has 3 atom stereocenters. The van der Waals surface area contributed by atoms with Crippen molar-refractivity contribution in [3.8, 4) is 0 Å². The first-order valence-corrected chi connectivity index (χ1v) is 16.1. The molecule has 0 aliphatic heterocycles. The van der Waals surface area contributed by atoms with E-state index in [2.05, 4.69) is 13.8 Å². The summed E-state index contributed by atoms with van der Waals surface area (Å²) in [6.07, 6.45) is 31.1. The molecule has 37 heavy (non-hydrogen) atoms. The molecule has 0 fully saturated rings. The van der Waals surface area contributed by atoms with Crippen molar-refractivity contribution in [1.82, 2.24) is 0 Å². The predicted molar refractivity (Wildman–Crippen MR) is 156 cm³/mol. The molecule has 1 aliphatic carbocycles. The maximum absolute atomic E-state index is 13.2. The molecule has 0 aromatic heterocycles. The molecule has 0 radical (unpaired) electrons. The summed E-state index contributed by atoms with van der Waals surface area (Å²) in [5, 5.41) is 9.71. The molecule has 216 valence electrons. The first-order valence-electron chi connectivity index (χ1n) is 16.1. The summed E-state index contributed by atoms with van der Waals surface area (Å²) in [6.45, 7) is 6.26. The van der Waals surface area contributed by atoms with Crippen LogP contribution >= 0.6 is 0 Å². The molecular formula is C33H60O4. The highest BCUT2D eigenvalue weighted by atomic mass is 16.5. The number of allylic oxidation sites excluding steroid dienone is 1. The van der Waals surface area contributed by atoms with Gasteiger partial charge in [-0.3, -0.25) is 9.59 Å². The summed E-state index contributed by atoms with van der Waals surface area (Å²) < 4.78 is 6.07. The summed E-state index contributed by atoms with van der Waals surface area (Å²) in [6, 6.07) is 0. The van der Waals surface area contributed by atoms with Gasteiger partial charge in [-0.15, -0.1) is 0 Å². The molecule has 1 N–H and O–H groups in total. The van der Waals surface area contributed by atoms with Crippen molar-refractivity contribution < 1.29 is 19.4 Å². The number of aliphatic carboxylic acids is 1. The van der Waals surface area contributed by atoms with E-state index in [9.17, 15) is 14.7 Å². The summed E-state index contributed by atoms with van der Waals surface area (Å²) in [5.41, 5.74) is -1.06. The highest BCUT2D eigenvalue weighted by Gasteiger charge is 2.46. The Morgan fingerprint density at radius 2 is 1.16 bits per heavy atom. The van der Waals surface area contributed by atoms with E-state index in [4.69, 9.17) is 4.74 Å². The SMILES string of the molecule is CCCCCCCCCCCCCC(CCCCCCCCCC)OC(=O)C1(C)C=CCCC1C(=O)O. The Bertz CT molecular complexity index is 613. The van der Waals surface area contributed by atoms with E-state index in [-0.39, 0.29) is 12.1 Å². The lowest BCUT2D eigenvalue weighted by atomic mass is 9.71. The van der Waals surface area contributed by atoms with E-state index < -0.39 is 17.3 Å². The van der Waals surface area contributed by atoms with Gasteiger partial charge < -0.3 is 9.84 Å². The Labute approximate surface area is 229 Å². The Balaban J connectivity index is 2.44. The number of rotatable bonds is 24. The van der Waals surface area contributed by atoms with Crippen LogP contribution < -0.4 is 0 Å². The third kappa shape index (κ3) is 15.0. The van der Waals surface area contributed by atoms with Crippen molar-refractivity contribution in [2.45, 2.75) is 175 Å². The van der Waals surface area contributed by atoms with E-state index in [0.717, 1.165) is 25.7 Å². The smallest absolute Gasteiger partial charge is 0.316 e. The van der Waals surface area contributed by atoms with Gasteiger partial charge in [0.1, 0.15) is 6.10 Å². The monoisotopic (exact) mass is 520 g/mol. The second kappa shape index (κ2) is 21.6. The van der Waals surface area contributed by atoms with Crippen molar-refractivity contribution in [3.05, 3.63) is 12.2 Å². The molecule has 4 nitrogen and oxygen atoms in total. The highest BCUT2D eigenvalue weighted by Crippen LogP contribution is 2.38. The molecule has 1 aliphatic rings. The first kappa shape index (κ1) is 33.7. The third-order valence-corrected chi connectivity index (χ3v) is 8.33. The van der Waals surface area contributed by atoms with Crippen molar-refractivity contribution in [2.75, 3.05) is 0 Å². The largest absolute Gasteiger partial charge is 0.481 e. The molecule has 4 heteroatoms. The number of ether oxygens (including phenoxy) is 1. The fourth-order valence-electron chi connectivity index (χ4n) is 5.68. The fourth-order valence-corrected chi connectivity index (χ4v) is 5.68. The Hall–Kier alpha value is -1.32. The average Bonchev–Trinajstić information content (AvgIpc) is 2.88. The molecule has 3 unspecified atom stereocenters. The highest BCUT2D eigenvalue weighted by molar-refractivity contribution is 5.86. The molecular weight excluding hydrogens is 460 g/mol. The maximum atomic E-state index is 13.2. The van der Waals surface area contributed by atoms with Crippen LogP contribution in [0.2, 0.25) is 0 Å². The Kier molecular flexibility index (Phi) is 19.7. The zero-order valence-electron chi connectivity index (χ0n) is 24.7. The molecule has 1 rings (SSSR count). The fraction of sp³-hybridized carbons (Fsp3) is 0.879. The zero-order chi connectivity index (χ0) is 27.2. The molecule has 0 saturated heterocycles. The van der Waals surface area contributed by atoms with Gasteiger partial charge in [0.2, 0.25) is 0 Å². The summed E-state index contributed by atoms with van der Waals surface area (Å²) in [7, 11) is 0. The number of carbonyl (C=O) groups is 2. The van der Waals surface area contributed by atoms with Crippen LogP contribution in [0.15, 0.2) is 12.2 Å². The normalized spacial score (nSPS) is 20.1. The van der Waals surface area contributed by atoms with Crippen LogP contribution in [0.1, 0.15) is 168 Å². The van der Waals surface area contributed by atoms with Crippen LogP contribution in [0, 0.1) is 11.3 Å². The number of esters is 1. The van der Waals surface area contributed by atoms with Gasteiger partial charge in [0, 0.05) is 0 Å². The van der Waals surface area contributed by atoms with E-state index in [1.807, 2.05) is 6.08 Å². The van der Waals surface area contributed by atoms with Crippen molar-refractivity contribution in [3.63, 3.8) is 0 Å². The molecule has 0 aromatic carbocycles. The molecule has 0 heterocycles. The van der Waals surface area contributed by atoms with Gasteiger partial charge in [0.25, 0.3) is 0 Å². The second-order valence-electron chi connectivity index (χ2n) is 11.8. The van der Waals surface area contributed by atoms with Gasteiger partial charge in [-0.1, -0.05) is 135 Å². The van der Waals surface area contributed by atoms with Crippen molar-refractivity contribution in [2.24, 2.45) is 11.3 Å². The molecule has 0 bridgehead atoms. The minimum Gasteiger partial charge on any atom is -0.481 e. The van der Waals surface area contributed by atoms with Crippen LogP contribution in [0.5, 0.6) is 0 Å². The van der Waals surface area contributed by atoms with Gasteiger partial charge >= 0.3 is 11.9 Å². The summed E-state index contributed by atoms with van der Waals surface area (Å²) >= 11 is 0. The minimum atomic E-state index is -1.06. The van der Waals surface area contributed by atoms with Crippen LogP contribution in [0.3, 0.4) is 0 Å². The van der Waals surface area contributed by atoms with Crippen LogP contribution in [0.25, 0.3) is 0 Å².